The van der Waals surface area contributed by atoms with Crippen LogP contribution in [0.1, 0.15) is 25.5 Å². The summed E-state index contributed by atoms with van der Waals surface area (Å²) in [6.07, 6.45) is -0.778. The van der Waals surface area contributed by atoms with Gasteiger partial charge in [0.2, 0.25) is 12.7 Å². The Morgan fingerprint density at radius 1 is 1.11 bits per heavy atom. The lowest BCUT2D eigenvalue weighted by atomic mass is 10.1. The number of nitrogens with zero attached hydrogens (tertiary/aromatic N) is 1. The number of ether oxygens (including phenoxy) is 3. The van der Waals surface area contributed by atoms with Gasteiger partial charge in [-0.1, -0.05) is 18.2 Å². The first kappa shape index (κ1) is 17.2. The number of carbonyl (C=O) groups excluding carboxylic acids is 2. The molecule has 2 atom stereocenters. The Hall–Kier alpha value is -3.22. The third-order valence-electron chi connectivity index (χ3n) is 4.70. The summed E-state index contributed by atoms with van der Waals surface area (Å²) in [6, 6.07) is 12.5. The van der Waals surface area contributed by atoms with Gasteiger partial charge in [0.1, 0.15) is 5.75 Å². The van der Waals surface area contributed by atoms with Crippen LogP contribution in [0.4, 0.5) is 5.69 Å². The molecule has 2 aromatic carbocycles. The van der Waals surface area contributed by atoms with Crippen LogP contribution >= 0.6 is 0 Å². The zero-order chi connectivity index (χ0) is 19.0. The number of nitrogens with one attached hydrogen (secondary N) is 1. The Kier molecular flexibility index (Phi) is 4.35. The Morgan fingerprint density at radius 2 is 1.89 bits per heavy atom. The molecule has 4 rings (SSSR count). The first-order valence-electron chi connectivity index (χ1n) is 8.76. The smallest absolute Gasteiger partial charge is 0.263 e. The van der Waals surface area contributed by atoms with Crippen molar-refractivity contribution in [3.8, 4) is 17.2 Å². The van der Waals surface area contributed by atoms with Crippen molar-refractivity contribution in [1.29, 1.82) is 0 Å². The fourth-order valence-electron chi connectivity index (χ4n) is 3.24. The zero-order valence-corrected chi connectivity index (χ0v) is 15.1. The molecule has 7 heteroatoms. The summed E-state index contributed by atoms with van der Waals surface area (Å²) in [5, 5.41) is 2.95. The van der Waals surface area contributed by atoms with Gasteiger partial charge in [0.05, 0.1) is 18.3 Å². The number of rotatable bonds is 3. The topological polar surface area (TPSA) is 77.1 Å². The van der Waals surface area contributed by atoms with Crippen LogP contribution in [0, 0.1) is 0 Å². The van der Waals surface area contributed by atoms with Gasteiger partial charge in [-0.2, -0.15) is 0 Å². The molecule has 0 fully saturated rings. The van der Waals surface area contributed by atoms with Crippen LogP contribution in [0.2, 0.25) is 0 Å². The fraction of sp³-hybridized carbons (Fsp3) is 0.300. The van der Waals surface area contributed by atoms with Crippen LogP contribution < -0.4 is 24.4 Å². The third kappa shape index (κ3) is 3.28. The molecule has 0 unspecified atom stereocenters. The quantitative estimate of drug-likeness (QED) is 0.900. The monoisotopic (exact) mass is 368 g/mol. The number of benzene rings is 2. The van der Waals surface area contributed by atoms with E-state index in [2.05, 4.69) is 5.32 Å². The Bertz CT molecular complexity index is 898. The summed E-state index contributed by atoms with van der Waals surface area (Å²) in [5.41, 5.74) is 1.57. The summed E-state index contributed by atoms with van der Waals surface area (Å²) in [4.78, 5) is 26.3. The second-order valence-electron chi connectivity index (χ2n) is 6.55. The van der Waals surface area contributed by atoms with Gasteiger partial charge in [-0.25, -0.2) is 0 Å². The highest BCUT2D eigenvalue weighted by atomic mass is 16.7. The van der Waals surface area contributed by atoms with Crippen LogP contribution in [-0.4, -0.2) is 31.3 Å². The molecule has 0 radical (unpaired) electrons. The van der Waals surface area contributed by atoms with Crippen molar-refractivity contribution in [2.45, 2.75) is 26.0 Å². The molecule has 1 N–H and O–H groups in total. The summed E-state index contributed by atoms with van der Waals surface area (Å²) < 4.78 is 16.5. The molecule has 2 heterocycles. The van der Waals surface area contributed by atoms with Crippen LogP contribution in [0.15, 0.2) is 42.5 Å². The highest BCUT2D eigenvalue weighted by molar-refractivity contribution is 5.95. The van der Waals surface area contributed by atoms with E-state index < -0.39 is 6.10 Å². The van der Waals surface area contributed by atoms with Crippen LogP contribution in [0.3, 0.4) is 0 Å². The van der Waals surface area contributed by atoms with Crippen LogP contribution in [0.5, 0.6) is 17.2 Å². The number of amides is 2. The molecule has 2 aliphatic heterocycles. The summed E-state index contributed by atoms with van der Waals surface area (Å²) in [7, 11) is 0. The van der Waals surface area contributed by atoms with E-state index in [1.807, 2.05) is 37.3 Å². The van der Waals surface area contributed by atoms with Crippen molar-refractivity contribution >= 4 is 17.5 Å². The van der Waals surface area contributed by atoms with Gasteiger partial charge >= 0.3 is 0 Å². The maximum atomic E-state index is 12.8. The van der Waals surface area contributed by atoms with Gasteiger partial charge in [0.15, 0.2) is 17.6 Å². The number of hydrogen-bond donors (Lipinski definition) is 1. The van der Waals surface area contributed by atoms with E-state index in [1.165, 1.54) is 6.92 Å². The maximum absolute atomic E-state index is 12.8. The van der Waals surface area contributed by atoms with E-state index in [0.29, 0.717) is 22.9 Å². The average molecular weight is 368 g/mol. The summed E-state index contributed by atoms with van der Waals surface area (Å²) >= 11 is 0. The van der Waals surface area contributed by atoms with Gasteiger partial charge in [-0.05, 0) is 36.8 Å². The average Bonchev–Trinajstić information content (AvgIpc) is 3.14. The number of hydrogen-bond acceptors (Lipinski definition) is 5. The molecule has 0 bridgehead atoms. The predicted molar refractivity (Wildman–Crippen MR) is 98.0 cm³/mol. The second kappa shape index (κ2) is 6.83. The molecular formula is C20H20N2O5. The molecule has 2 aliphatic rings. The Morgan fingerprint density at radius 3 is 2.70 bits per heavy atom. The van der Waals surface area contributed by atoms with E-state index >= 15 is 0 Å². The predicted octanol–water partition coefficient (Wildman–Crippen LogP) is 2.41. The van der Waals surface area contributed by atoms with Crippen molar-refractivity contribution in [2.24, 2.45) is 0 Å². The maximum Gasteiger partial charge on any atom is 0.263 e. The van der Waals surface area contributed by atoms with Gasteiger partial charge in [0, 0.05) is 6.92 Å². The molecule has 2 aromatic rings. The third-order valence-corrected chi connectivity index (χ3v) is 4.70. The number of fused-ring (bicyclic) bond motifs is 2. The van der Waals surface area contributed by atoms with E-state index in [4.69, 9.17) is 14.2 Å². The van der Waals surface area contributed by atoms with E-state index in [0.717, 1.165) is 5.56 Å². The SMILES string of the molecule is CC(=O)N1C[C@@H](C(=O)N[C@H](C)c2ccc3c(c2)OCO3)Oc2ccccc21. The fourth-order valence-corrected chi connectivity index (χ4v) is 3.24. The molecule has 140 valence electrons. The largest absolute Gasteiger partial charge is 0.477 e. The van der Waals surface area contributed by atoms with E-state index in [-0.39, 0.29) is 31.2 Å². The van der Waals surface area contributed by atoms with E-state index in [1.54, 1.807) is 17.0 Å². The lowest BCUT2D eigenvalue weighted by Gasteiger charge is -2.34. The molecule has 0 saturated carbocycles. The molecule has 7 nitrogen and oxygen atoms in total. The van der Waals surface area contributed by atoms with Gasteiger partial charge < -0.3 is 24.4 Å². The molecule has 0 spiro atoms. The minimum atomic E-state index is -0.778. The molecule has 27 heavy (non-hydrogen) atoms. The Labute approximate surface area is 156 Å². The number of para-hydroxylation sites is 2. The molecule has 0 aliphatic carbocycles. The normalized spacial score (nSPS) is 18.3. The Balaban J connectivity index is 1.49. The minimum absolute atomic E-state index is 0.132. The highest BCUT2D eigenvalue weighted by Crippen LogP contribution is 2.35. The highest BCUT2D eigenvalue weighted by Gasteiger charge is 2.33. The van der Waals surface area contributed by atoms with Crippen molar-refractivity contribution < 1.29 is 23.8 Å². The standard InChI is InChI=1S/C20H20N2O5/c1-12(14-7-8-17-18(9-14)26-11-25-17)21-20(24)19-10-22(13(2)23)15-5-3-4-6-16(15)27-19/h3-9,12,19H,10-11H2,1-2H3,(H,21,24)/t12-,19+/m1/s1. The zero-order valence-electron chi connectivity index (χ0n) is 15.1. The summed E-state index contributed by atoms with van der Waals surface area (Å²) in [6.45, 7) is 3.74. The molecule has 0 saturated heterocycles. The van der Waals surface area contributed by atoms with Crippen molar-refractivity contribution in [1.82, 2.24) is 5.32 Å². The van der Waals surface area contributed by atoms with Gasteiger partial charge in [-0.15, -0.1) is 0 Å². The lowest BCUT2D eigenvalue weighted by Crippen LogP contribution is -2.50. The second-order valence-corrected chi connectivity index (χ2v) is 6.55. The summed E-state index contributed by atoms with van der Waals surface area (Å²) in [5.74, 6) is 1.48. The first-order valence-corrected chi connectivity index (χ1v) is 8.76. The van der Waals surface area contributed by atoms with Crippen LogP contribution in [0.25, 0.3) is 0 Å². The van der Waals surface area contributed by atoms with Crippen molar-refractivity contribution in [3.05, 3.63) is 48.0 Å². The van der Waals surface area contributed by atoms with E-state index in [9.17, 15) is 9.59 Å². The van der Waals surface area contributed by atoms with Gasteiger partial charge in [-0.3, -0.25) is 9.59 Å². The lowest BCUT2D eigenvalue weighted by molar-refractivity contribution is -0.129. The van der Waals surface area contributed by atoms with Crippen molar-refractivity contribution in [3.63, 3.8) is 0 Å². The molecule has 0 aromatic heterocycles. The van der Waals surface area contributed by atoms with Crippen LogP contribution in [-0.2, 0) is 9.59 Å². The number of carbonyl (C=O) groups is 2. The first-order chi connectivity index (χ1) is 13.0. The van der Waals surface area contributed by atoms with Crippen molar-refractivity contribution in [2.75, 3.05) is 18.2 Å². The molecular weight excluding hydrogens is 348 g/mol. The van der Waals surface area contributed by atoms with Gasteiger partial charge in [0.25, 0.3) is 5.91 Å². The molecule has 2 amide bonds. The number of anilines is 1. The minimum Gasteiger partial charge on any atom is -0.477 e.